The number of carbonyl (C=O) groups excluding carboxylic acids is 1. The van der Waals surface area contributed by atoms with E-state index in [2.05, 4.69) is 31.3 Å². The number of rotatable bonds is 5. The normalized spacial score (nSPS) is 17.1. The Labute approximate surface area is 174 Å². The maximum atomic E-state index is 12.8. The van der Waals surface area contributed by atoms with Gasteiger partial charge in [-0.3, -0.25) is 4.79 Å². The van der Waals surface area contributed by atoms with E-state index in [4.69, 9.17) is 0 Å². The molecule has 2 aromatic carbocycles. The van der Waals surface area contributed by atoms with E-state index in [9.17, 15) is 13.2 Å². The molecule has 0 radical (unpaired) electrons. The summed E-state index contributed by atoms with van der Waals surface area (Å²) >= 11 is 0. The van der Waals surface area contributed by atoms with E-state index in [1.165, 1.54) is 15.4 Å². The summed E-state index contributed by atoms with van der Waals surface area (Å²) in [4.78, 5) is 13.0. The molecule has 0 aromatic heterocycles. The lowest BCUT2D eigenvalue weighted by Crippen LogP contribution is -2.43. The van der Waals surface area contributed by atoms with Gasteiger partial charge in [0.1, 0.15) is 0 Å². The van der Waals surface area contributed by atoms with Crippen LogP contribution >= 0.6 is 0 Å². The topological polar surface area (TPSA) is 66.5 Å². The van der Waals surface area contributed by atoms with E-state index in [0.717, 1.165) is 11.1 Å². The van der Waals surface area contributed by atoms with Crippen molar-refractivity contribution in [3.63, 3.8) is 0 Å². The highest BCUT2D eigenvalue weighted by Crippen LogP contribution is 2.25. The Hall–Kier alpha value is -2.18. The second-order valence-corrected chi connectivity index (χ2v) is 10.0. The van der Waals surface area contributed by atoms with Crippen LogP contribution < -0.4 is 5.32 Å². The maximum absolute atomic E-state index is 12.8. The molecule has 1 aliphatic heterocycles. The molecule has 0 spiro atoms. The van der Waals surface area contributed by atoms with Gasteiger partial charge in [-0.25, -0.2) is 8.42 Å². The molecule has 0 bridgehead atoms. The Kier molecular flexibility index (Phi) is 6.44. The summed E-state index contributed by atoms with van der Waals surface area (Å²) in [7, 11) is -3.50. The van der Waals surface area contributed by atoms with Gasteiger partial charge < -0.3 is 5.32 Å². The average molecular weight is 415 g/mol. The van der Waals surface area contributed by atoms with Crippen molar-refractivity contribution in [1.82, 2.24) is 9.62 Å². The van der Waals surface area contributed by atoms with Crippen LogP contribution in [0.1, 0.15) is 48.1 Å². The SMILES string of the molecule is Cc1ccc(S(=O)(=O)N2CCC(C(=O)N[C@H](C)c3ccc(C)c(C)c3)CC2)cc1. The molecule has 1 aliphatic rings. The second-order valence-electron chi connectivity index (χ2n) is 8.07. The number of hydrogen-bond acceptors (Lipinski definition) is 3. The van der Waals surface area contributed by atoms with Crippen LogP contribution in [0.25, 0.3) is 0 Å². The van der Waals surface area contributed by atoms with E-state index in [1.807, 2.05) is 19.9 Å². The van der Waals surface area contributed by atoms with Crippen LogP contribution in [0.5, 0.6) is 0 Å². The molecule has 5 nitrogen and oxygen atoms in total. The number of hydrogen-bond donors (Lipinski definition) is 1. The molecule has 0 aliphatic carbocycles. The monoisotopic (exact) mass is 414 g/mol. The fraction of sp³-hybridized carbons (Fsp3) is 0.435. The molecule has 3 rings (SSSR count). The van der Waals surface area contributed by atoms with Crippen LogP contribution in [0.15, 0.2) is 47.4 Å². The smallest absolute Gasteiger partial charge is 0.243 e. The van der Waals surface area contributed by atoms with E-state index in [1.54, 1.807) is 24.3 Å². The summed E-state index contributed by atoms with van der Waals surface area (Å²) in [6, 6.07) is 13.1. The molecule has 29 heavy (non-hydrogen) atoms. The third-order valence-electron chi connectivity index (χ3n) is 5.87. The quantitative estimate of drug-likeness (QED) is 0.807. The highest BCUT2D eigenvalue weighted by molar-refractivity contribution is 7.89. The first-order chi connectivity index (χ1) is 13.7. The lowest BCUT2D eigenvalue weighted by Gasteiger charge is -2.31. The van der Waals surface area contributed by atoms with Gasteiger partial charge in [-0.15, -0.1) is 0 Å². The third-order valence-corrected chi connectivity index (χ3v) is 7.79. The summed E-state index contributed by atoms with van der Waals surface area (Å²) in [5.74, 6) is -0.156. The Balaban J connectivity index is 1.59. The first kappa shape index (κ1) is 21.5. The van der Waals surface area contributed by atoms with Crippen molar-refractivity contribution >= 4 is 15.9 Å². The molecule has 1 amide bonds. The van der Waals surface area contributed by atoms with E-state index in [0.29, 0.717) is 30.8 Å². The van der Waals surface area contributed by atoms with Crippen molar-refractivity contribution in [1.29, 1.82) is 0 Å². The number of carbonyl (C=O) groups is 1. The van der Waals surface area contributed by atoms with Gasteiger partial charge in [-0.1, -0.05) is 35.9 Å². The number of amides is 1. The minimum absolute atomic E-state index is 0.00288. The zero-order chi connectivity index (χ0) is 21.2. The minimum atomic E-state index is -3.50. The van der Waals surface area contributed by atoms with Gasteiger partial charge in [-0.05, 0) is 69.4 Å². The molecule has 6 heteroatoms. The van der Waals surface area contributed by atoms with Gasteiger partial charge in [0.25, 0.3) is 0 Å². The molecule has 2 aromatic rings. The molecule has 1 N–H and O–H groups in total. The van der Waals surface area contributed by atoms with Crippen LogP contribution in [0, 0.1) is 26.7 Å². The summed E-state index contributed by atoms with van der Waals surface area (Å²) in [6.07, 6.45) is 1.08. The summed E-state index contributed by atoms with van der Waals surface area (Å²) < 4.78 is 27.1. The zero-order valence-corrected chi connectivity index (χ0v) is 18.4. The molecule has 1 fully saturated rings. The van der Waals surface area contributed by atoms with Crippen LogP contribution in [0.4, 0.5) is 0 Å². The minimum Gasteiger partial charge on any atom is -0.349 e. The van der Waals surface area contributed by atoms with Gasteiger partial charge in [0, 0.05) is 19.0 Å². The molecular formula is C23H30N2O3S. The number of piperidine rings is 1. The first-order valence-electron chi connectivity index (χ1n) is 10.1. The third kappa shape index (κ3) is 4.87. The van der Waals surface area contributed by atoms with Crippen molar-refractivity contribution in [3.05, 3.63) is 64.7 Å². The molecule has 0 unspecified atom stereocenters. The average Bonchev–Trinajstić information content (AvgIpc) is 2.70. The Morgan fingerprint density at radius 3 is 2.21 bits per heavy atom. The van der Waals surface area contributed by atoms with Crippen LogP contribution in [0.3, 0.4) is 0 Å². The van der Waals surface area contributed by atoms with Crippen molar-refractivity contribution in [2.45, 2.75) is 51.5 Å². The Bertz CT molecular complexity index is 976. The number of sulfonamides is 1. The van der Waals surface area contributed by atoms with Crippen molar-refractivity contribution < 1.29 is 13.2 Å². The van der Waals surface area contributed by atoms with Crippen molar-refractivity contribution in [2.75, 3.05) is 13.1 Å². The van der Waals surface area contributed by atoms with Crippen molar-refractivity contribution in [3.8, 4) is 0 Å². The standard InChI is InChI=1S/C23H30N2O3S/c1-16-5-9-22(10-6-16)29(27,28)25-13-11-20(12-14-25)23(26)24-19(4)21-8-7-17(2)18(3)15-21/h5-10,15,19-20H,11-14H2,1-4H3,(H,24,26)/t19-/m1/s1. The van der Waals surface area contributed by atoms with Gasteiger partial charge in [0.05, 0.1) is 10.9 Å². The fourth-order valence-corrected chi connectivity index (χ4v) is 5.14. The van der Waals surface area contributed by atoms with Crippen LogP contribution in [-0.4, -0.2) is 31.7 Å². The van der Waals surface area contributed by atoms with Crippen LogP contribution in [-0.2, 0) is 14.8 Å². The lowest BCUT2D eigenvalue weighted by atomic mass is 9.96. The molecule has 1 saturated heterocycles. The van der Waals surface area contributed by atoms with E-state index < -0.39 is 10.0 Å². The highest BCUT2D eigenvalue weighted by Gasteiger charge is 2.32. The van der Waals surface area contributed by atoms with Gasteiger partial charge in [0.15, 0.2) is 0 Å². The van der Waals surface area contributed by atoms with Crippen LogP contribution in [0.2, 0.25) is 0 Å². The summed E-state index contributed by atoms with van der Waals surface area (Å²) in [5, 5.41) is 3.10. The number of benzene rings is 2. The molecule has 1 heterocycles. The Morgan fingerprint density at radius 1 is 1.00 bits per heavy atom. The molecule has 0 saturated carbocycles. The van der Waals surface area contributed by atoms with Gasteiger partial charge in [-0.2, -0.15) is 4.31 Å². The number of nitrogens with one attached hydrogen (secondary N) is 1. The van der Waals surface area contributed by atoms with Gasteiger partial charge in [0.2, 0.25) is 15.9 Å². The maximum Gasteiger partial charge on any atom is 0.243 e. The molecular weight excluding hydrogens is 384 g/mol. The highest BCUT2D eigenvalue weighted by atomic mass is 32.2. The predicted octanol–water partition coefficient (Wildman–Crippen LogP) is 3.89. The molecule has 1 atom stereocenters. The number of nitrogens with zero attached hydrogens (tertiary/aromatic N) is 1. The second kappa shape index (κ2) is 8.67. The predicted molar refractivity (Wildman–Crippen MR) is 115 cm³/mol. The number of aryl methyl sites for hydroxylation is 3. The van der Waals surface area contributed by atoms with Gasteiger partial charge >= 0.3 is 0 Å². The summed E-state index contributed by atoms with van der Waals surface area (Å²) in [6.45, 7) is 8.79. The lowest BCUT2D eigenvalue weighted by molar-refractivity contribution is -0.126. The zero-order valence-electron chi connectivity index (χ0n) is 17.6. The first-order valence-corrected chi connectivity index (χ1v) is 11.6. The fourth-order valence-electron chi connectivity index (χ4n) is 3.67. The Morgan fingerprint density at radius 2 is 1.62 bits per heavy atom. The van der Waals surface area contributed by atoms with Crippen molar-refractivity contribution in [2.24, 2.45) is 5.92 Å². The largest absolute Gasteiger partial charge is 0.349 e. The van der Waals surface area contributed by atoms with E-state index >= 15 is 0 Å². The summed E-state index contributed by atoms with van der Waals surface area (Å²) in [5.41, 5.74) is 4.55. The molecule has 156 valence electrons. The van der Waals surface area contributed by atoms with E-state index in [-0.39, 0.29) is 17.9 Å².